The molecule has 1 N–H and O–H groups in total. The van der Waals surface area contributed by atoms with E-state index in [4.69, 9.17) is 10.4 Å². The summed E-state index contributed by atoms with van der Waals surface area (Å²) in [5.41, 5.74) is 1.03. The highest BCUT2D eigenvalue weighted by Gasteiger charge is 2.20. The summed E-state index contributed by atoms with van der Waals surface area (Å²) in [5.74, 6) is -0.567. The summed E-state index contributed by atoms with van der Waals surface area (Å²) in [6.45, 7) is 2.20. The Morgan fingerprint density at radius 1 is 1.43 bits per heavy atom. The second-order valence-corrected chi connectivity index (χ2v) is 5.57. The van der Waals surface area contributed by atoms with E-state index in [1.165, 1.54) is 12.1 Å². The van der Waals surface area contributed by atoms with E-state index in [0.29, 0.717) is 23.6 Å². The van der Waals surface area contributed by atoms with Gasteiger partial charge in [-0.05, 0) is 56.5 Å². The van der Waals surface area contributed by atoms with Crippen LogP contribution in [0.15, 0.2) is 18.2 Å². The van der Waals surface area contributed by atoms with Crippen molar-refractivity contribution in [1.82, 2.24) is 4.90 Å². The number of nitriles is 1. The summed E-state index contributed by atoms with van der Waals surface area (Å²) < 4.78 is 13.7. The molecule has 2 rings (SSSR count). The largest absolute Gasteiger partial charge is 0.481 e. The first-order valence-electron chi connectivity index (χ1n) is 7.21. The van der Waals surface area contributed by atoms with Gasteiger partial charge in [0, 0.05) is 18.5 Å². The van der Waals surface area contributed by atoms with Crippen molar-refractivity contribution < 1.29 is 14.3 Å². The van der Waals surface area contributed by atoms with Gasteiger partial charge in [-0.3, -0.25) is 9.69 Å². The fraction of sp³-hybridized carbons (Fsp3) is 0.500. The van der Waals surface area contributed by atoms with Crippen LogP contribution in [-0.2, 0) is 11.3 Å². The number of benzene rings is 1. The molecule has 0 atom stereocenters. The minimum atomic E-state index is -0.743. The highest BCUT2D eigenvalue weighted by atomic mass is 19.1. The van der Waals surface area contributed by atoms with Crippen LogP contribution in [0.4, 0.5) is 4.39 Å². The van der Waals surface area contributed by atoms with Gasteiger partial charge < -0.3 is 5.11 Å². The molecule has 5 heteroatoms. The summed E-state index contributed by atoms with van der Waals surface area (Å²) in [7, 11) is 0. The van der Waals surface area contributed by atoms with Gasteiger partial charge in [-0.15, -0.1) is 0 Å². The number of carboxylic acids is 1. The van der Waals surface area contributed by atoms with Gasteiger partial charge >= 0.3 is 5.97 Å². The van der Waals surface area contributed by atoms with Crippen molar-refractivity contribution in [2.45, 2.75) is 32.2 Å². The molecule has 1 aromatic rings. The highest BCUT2D eigenvalue weighted by molar-refractivity contribution is 5.66. The fourth-order valence-corrected chi connectivity index (χ4v) is 2.77. The second-order valence-electron chi connectivity index (χ2n) is 5.57. The molecule has 0 aromatic heterocycles. The summed E-state index contributed by atoms with van der Waals surface area (Å²) >= 11 is 0. The monoisotopic (exact) mass is 290 g/mol. The van der Waals surface area contributed by atoms with Gasteiger partial charge in [0.05, 0.1) is 11.6 Å². The number of carbonyl (C=O) groups is 1. The zero-order valence-electron chi connectivity index (χ0n) is 11.9. The van der Waals surface area contributed by atoms with E-state index in [2.05, 4.69) is 4.90 Å². The molecule has 0 amide bonds. The number of likely N-dealkylation sites (tertiary alicyclic amines) is 1. The summed E-state index contributed by atoms with van der Waals surface area (Å²) in [6.07, 6.45) is 2.85. The predicted octanol–water partition coefficient (Wildman–Crippen LogP) is 2.77. The molecule has 1 aliphatic rings. The molecule has 1 saturated heterocycles. The number of hydrogen-bond donors (Lipinski definition) is 1. The zero-order chi connectivity index (χ0) is 15.2. The predicted molar refractivity (Wildman–Crippen MR) is 76.0 cm³/mol. The maximum Gasteiger partial charge on any atom is 0.303 e. The lowest BCUT2D eigenvalue weighted by atomic mass is 9.92. The third-order valence-electron chi connectivity index (χ3n) is 4.04. The minimum absolute atomic E-state index is 0.226. The van der Waals surface area contributed by atoms with Crippen molar-refractivity contribution >= 4 is 5.97 Å². The van der Waals surface area contributed by atoms with Crippen molar-refractivity contribution in [3.63, 3.8) is 0 Å². The van der Waals surface area contributed by atoms with Crippen molar-refractivity contribution in [1.29, 1.82) is 5.26 Å². The average Bonchev–Trinajstić information content (AvgIpc) is 2.48. The minimum Gasteiger partial charge on any atom is -0.481 e. The van der Waals surface area contributed by atoms with Crippen LogP contribution in [0.1, 0.15) is 36.8 Å². The van der Waals surface area contributed by atoms with Crippen LogP contribution in [0.5, 0.6) is 0 Å². The molecule has 4 nitrogen and oxygen atoms in total. The lowest BCUT2D eigenvalue weighted by molar-refractivity contribution is -0.137. The maximum absolute atomic E-state index is 13.7. The molecule has 0 radical (unpaired) electrons. The van der Waals surface area contributed by atoms with Gasteiger partial charge in [0.2, 0.25) is 0 Å². The van der Waals surface area contributed by atoms with E-state index in [-0.39, 0.29) is 12.2 Å². The number of aliphatic carboxylic acids is 1. The van der Waals surface area contributed by atoms with Crippen LogP contribution < -0.4 is 0 Å². The molecule has 112 valence electrons. The molecular formula is C16H19FN2O2. The third kappa shape index (κ3) is 4.54. The Morgan fingerprint density at radius 2 is 2.14 bits per heavy atom. The maximum atomic E-state index is 13.7. The van der Waals surface area contributed by atoms with E-state index < -0.39 is 5.97 Å². The van der Waals surface area contributed by atoms with E-state index >= 15 is 0 Å². The number of halogens is 1. The smallest absolute Gasteiger partial charge is 0.303 e. The molecule has 0 aliphatic carbocycles. The Kier molecular flexibility index (Phi) is 5.29. The van der Waals surface area contributed by atoms with E-state index in [1.54, 1.807) is 6.07 Å². The summed E-state index contributed by atoms with van der Waals surface area (Å²) in [5, 5.41) is 17.6. The van der Waals surface area contributed by atoms with Crippen LogP contribution >= 0.6 is 0 Å². The van der Waals surface area contributed by atoms with Gasteiger partial charge in [-0.1, -0.05) is 0 Å². The number of nitrogens with zero attached hydrogens (tertiary/aromatic N) is 2. The number of rotatable bonds is 5. The first kappa shape index (κ1) is 15.5. The first-order valence-corrected chi connectivity index (χ1v) is 7.21. The van der Waals surface area contributed by atoms with Gasteiger partial charge in [0.1, 0.15) is 5.82 Å². The first-order chi connectivity index (χ1) is 10.1. The molecule has 0 spiro atoms. The normalized spacial score (nSPS) is 16.6. The Labute approximate surface area is 123 Å². The Hall–Kier alpha value is -1.93. The van der Waals surface area contributed by atoms with Crippen molar-refractivity contribution in [2.24, 2.45) is 5.92 Å². The van der Waals surface area contributed by atoms with Crippen molar-refractivity contribution in [3.8, 4) is 6.07 Å². The van der Waals surface area contributed by atoms with E-state index in [0.717, 1.165) is 32.4 Å². The topological polar surface area (TPSA) is 64.3 Å². The van der Waals surface area contributed by atoms with Gasteiger partial charge in [-0.25, -0.2) is 4.39 Å². The number of piperidine rings is 1. The van der Waals surface area contributed by atoms with Crippen LogP contribution in [0.2, 0.25) is 0 Å². The highest BCUT2D eigenvalue weighted by Crippen LogP contribution is 2.23. The van der Waals surface area contributed by atoms with Crippen LogP contribution in [0.25, 0.3) is 0 Å². The quantitative estimate of drug-likeness (QED) is 0.905. The second kappa shape index (κ2) is 7.19. The van der Waals surface area contributed by atoms with Crippen LogP contribution in [-0.4, -0.2) is 29.1 Å². The molecule has 1 heterocycles. The Bertz CT molecular complexity index is 546. The molecule has 1 aliphatic heterocycles. The number of carboxylic acid groups (broad SMARTS) is 1. The Morgan fingerprint density at radius 3 is 2.76 bits per heavy atom. The fourth-order valence-electron chi connectivity index (χ4n) is 2.77. The average molecular weight is 290 g/mol. The third-order valence-corrected chi connectivity index (χ3v) is 4.04. The molecule has 21 heavy (non-hydrogen) atoms. The Balaban J connectivity index is 1.86. The zero-order valence-corrected chi connectivity index (χ0v) is 11.9. The van der Waals surface area contributed by atoms with E-state index in [9.17, 15) is 9.18 Å². The van der Waals surface area contributed by atoms with Crippen LogP contribution in [0.3, 0.4) is 0 Å². The molecule has 1 aromatic carbocycles. The standard InChI is InChI=1S/C16H19FN2O2/c17-15-3-1-13(10-18)9-14(15)11-19-7-5-12(6-8-19)2-4-16(20)21/h1,3,9,12H,2,4-8,11H2,(H,20,21). The van der Waals surface area contributed by atoms with Crippen molar-refractivity contribution in [3.05, 3.63) is 35.1 Å². The lowest BCUT2D eigenvalue weighted by Gasteiger charge is -2.31. The molecule has 1 fully saturated rings. The van der Waals surface area contributed by atoms with E-state index in [1.807, 2.05) is 6.07 Å². The summed E-state index contributed by atoms with van der Waals surface area (Å²) in [6, 6.07) is 6.45. The van der Waals surface area contributed by atoms with Gasteiger partial charge in [0.25, 0.3) is 0 Å². The molecule has 0 unspecified atom stereocenters. The molecule has 0 saturated carbocycles. The lowest BCUT2D eigenvalue weighted by Crippen LogP contribution is -2.33. The van der Waals surface area contributed by atoms with Gasteiger partial charge in [-0.2, -0.15) is 5.26 Å². The van der Waals surface area contributed by atoms with Crippen molar-refractivity contribution in [2.75, 3.05) is 13.1 Å². The molecular weight excluding hydrogens is 271 g/mol. The summed E-state index contributed by atoms with van der Waals surface area (Å²) in [4.78, 5) is 12.7. The molecule has 0 bridgehead atoms. The number of hydrogen-bond acceptors (Lipinski definition) is 3. The van der Waals surface area contributed by atoms with Crippen LogP contribution in [0, 0.1) is 23.1 Å². The SMILES string of the molecule is N#Cc1ccc(F)c(CN2CCC(CCC(=O)O)CC2)c1. The van der Waals surface area contributed by atoms with Gasteiger partial charge in [0.15, 0.2) is 0 Å².